The van der Waals surface area contributed by atoms with Crippen LogP contribution in [0.5, 0.6) is 0 Å². The molecular weight excluding hydrogens is 541 g/mol. The van der Waals surface area contributed by atoms with Crippen LogP contribution < -0.4 is 5.32 Å². The second kappa shape index (κ2) is 9.31. The third-order valence-corrected chi connectivity index (χ3v) is 6.95. The highest BCUT2D eigenvalue weighted by Crippen LogP contribution is 2.27. The molecule has 0 aliphatic heterocycles. The highest BCUT2D eigenvalue weighted by atomic mass is 79.9. The number of aromatic nitrogens is 4. The zero-order valence-electron chi connectivity index (χ0n) is 17.0. The van der Waals surface area contributed by atoms with Crippen LogP contribution in [0.25, 0.3) is 0 Å². The molecule has 7 nitrogen and oxygen atoms in total. The molecule has 0 aliphatic rings. The van der Waals surface area contributed by atoms with Gasteiger partial charge in [-0.25, -0.2) is 0 Å². The summed E-state index contributed by atoms with van der Waals surface area (Å²) in [6.45, 7) is 4.57. The molecule has 3 heterocycles. The molecule has 3 aromatic heterocycles. The van der Waals surface area contributed by atoms with Gasteiger partial charge in [0.2, 0.25) is 0 Å². The number of nitrogens with one attached hydrogen (secondary N) is 1. The molecule has 32 heavy (non-hydrogen) atoms. The summed E-state index contributed by atoms with van der Waals surface area (Å²) >= 11 is 22.2. The molecular formula is C21H17BrCl3N5O2. The number of carbonyl (C=O) groups excluding carboxylic acids is 1. The standard InChI is InChI=1S/C21H17BrCl3N5O2/c1-11-19(22)12(2)30(27-11)8-13-6-7-18(32-13)21(31)26-20-17(25)10-29(28-20)9-14-15(23)4-3-5-16(14)24/h3-7,10H,8-9H2,1-2H3,(H,26,28,31). The van der Waals surface area contributed by atoms with Crippen molar-refractivity contribution in [3.8, 4) is 0 Å². The van der Waals surface area contributed by atoms with Gasteiger partial charge in [0.15, 0.2) is 11.6 Å². The van der Waals surface area contributed by atoms with E-state index in [-0.39, 0.29) is 16.6 Å². The van der Waals surface area contributed by atoms with E-state index >= 15 is 0 Å². The van der Waals surface area contributed by atoms with Gasteiger partial charge in [-0.05, 0) is 54.0 Å². The minimum absolute atomic E-state index is 0.139. The van der Waals surface area contributed by atoms with Gasteiger partial charge >= 0.3 is 0 Å². The van der Waals surface area contributed by atoms with Gasteiger partial charge in [0.1, 0.15) is 10.8 Å². The fourth-order valence-corrected chi connectivity index (χ4v) is 4.14. The predicted octanol–water partition coefficient (Wildman–Crippen LogP) is 6.36. The van der Waals surface area contributed by atoms with Crippen LogP contribution >= 0.6 is 50.7 Å². The Morgan fingerprint density at radius 1 is 1.06 bits per heavy atom. The zero-order valence-corrected chi connectivity index (χ0v) is 20.8. The first-order valence-corrected chi connectivity index (χ1v) is 11.4. The van der Waals surface area contributed by atoms with Crippen LogP contribution in [0.4, 0.5) is 5.82 Å². The number of aryl methyl sites for hydroxylation is 1. The molecule has 0 saturated carbocycles. The van der Waals surface area contributed by atoms with Gasteiger partial charge in [-0.15, -0.1) is 0 Å². The molecule has 11 heteroatoms. The molecule has 0 aliphatic carbocycles. The van der Waals surface area contributed by atoms with Crippen LogP contribution in [0.3, 0.4) is 0 Å². The van der Waals surface area contributed by atoms with Crippen molar-refractivity contribution in [3.05, 3.63) is 84.5 Å². The summed E-state index contributed by atoms with van der Waals surface area (Å²) in [5.74, 6) is 0.479. The first-order chi connectivity index (χ1) is 15.2. The van der Waals surface area contributed by atoms with Crippen molar-refractivity contribution in [2.24, 2.45) is 0 Å². The van der Waals surface area contributed by atoms with Gasteiger partial charge in [0, 0.05) is 21.8 Å². The molecule has 0 spiro atoms. The second-order valence-electron chi connectivity index (χ2n) is 7.09. The summed E-state index contributed by atoms with van der Waals surface area (Å²) in [7, 11) is 0. The fraction of sp³-hybridized carbons (Fsp3) is 0.190. The number of hydrogen-bond acceptors (Lipinski definition) is 4. The van der Waals surface area contributed by atoms with Crippen LogP contribution in [0, 0.1) is 13.8 Å². The summed E-state index contributed by atoms with van der Waals surface area (Å²) in [5.41, 5.74) is 2.57. The zero-order chi connectivity index (χ0) is 23.0. The van der Waals surface area contributed by atoms with Crippen LogP contribution in [0.2, 0.25) is 15.1 Å². The van der Waals surface area contributed by atoms with E-state index in [4.69, 9.17) is 39.2 Å². The molecule has 0 unspecified atom stereocenters. The van der Waals surface area contributed by atoms with E-state index in [0.29, 0.717) is 34.5 Å². The minimum Gasteiger partial charge on any atom is -0.454 e. The van der Waals surface area contributed by atoms with Crippen LogP contribution in [0.1, 0.15) is 33.3 Å². The average molecular weight is 558 g/mol. The number of carbonyl (C=O) groups is 1. The Bertz CT molecular complexity index is 1290. The van der Waals surface area contributed by atoms with Crippen LogP contribution in [-0.4, -0.2) is 25.5 Å². The maximum absolute atomic E-state index is 12.6. The minimum atomic E-state index is -0.464. The number of nitrogens with zero attached hydrogens (tertiary/aromatic N) is 4. The maximum Gasteiger partial charge on any atom is 0.292 e. The number of rotatable bonds is 6. The lowest BCUT2D eigenvalue weighted by Gasteiger charge is -2.06. The predicted molar refractivity (Wildman–Crippen MR) is 128 cm³/mol. The monoisotopic (exact) mass is 555 g/mol. The van der Waals surface area contributed by atoms with Crippen molar-refractivity contribution in [1.29, 1.82) is 0 Å². The number of benzene rings is 1. The third kappa shape index (κ3) is 4.73. The normalized spacial score (nSPS) is 11.2. The van der Waals surface area contributed by atoms with E-state index in [9.17, 15) is 4.79 Å². The molecule has 166 valence electrons. The molecule has 0 atom stereocenters. The Morgan fingerprint density at radius 2 is 1.78 bits per heavy atom. The van der Waals surface area contributed by atoms with Crippen molar-refractivity contribution in [2.75, 3.05) is 5.32 Å². The Morgan fingerprint density at radius 3 is 2.44 bits per heavy atom. The number of furan rings is 1. The Balaban J connectivity index is 1.46. The van der Waals surface area contributed by atoms with Gasteiger partial charge in [0.05, 0.1) is 29.0 Å². The van der Waals surface area contributed by atoms with Gasteiger partial charge in [-0.1, -0.05) is 40.9 Å². The first-order valence-electron chi connectivity index (χ1n) is 9.48. The summed E-state index contributed by atoms with van der Waals surface area (Å²) in [5, 5.41) is 12.8. The molecule has 0 radical (unpaired) electrons. The number of amides is 1. The molecule has 1 amide bonds. The van der Waals surface area contributed by atoms with E-state index < -0.39 is 5.91 Å². The number of halogens is 4. The van der Waals surface area contributed by atoms with E-state index in [1.54, 1.807) is 45.9 Å². The number of hydrogen-bond donors (Lipinski definition) is 1. The van der Waals surface area contributed by atoms with Crippen molar-refractivity contribution >= 4 is 62.5 Å². The summed E-state index contributed by atoms with van der Waals surface area (Å²) in [4.78, 5) is 12.6. The Hall–Kier alpha value is -2.26. The molecule has 1 N–H and O–H groups in total. The highest BCUT2D eigenvalue weighted by molar-refractivity contribution is 9.10. The quantitative estimate of drug-likeness (QED) is 0.299. The molecule has 0 fully saturated rings. The average Bonchev–Trinajstić information content (AvgIpc) is 3.41. The summed E-state index contributed by atoms with van der Waals surface area (Å²) < 4.78 is 10.0. The van der Waals surface area contributed by atoms with Gasteiger partial charge < -0.3 is 9.73 Å². The lowest BCUT2D eigenvalue weighted by atomic mass is 10.2. The second-order valence-corrected chi connectivity index (χ2v) is 9.10. The summed E-state index contributed by atoms with van der Waals surface area (Å²) in [6, 6.07) is 8.59. The highest BCUT2D eigenvalue weighted by Gasteiger charge is 2.18. The molecule has 1 aromatic carbocycles. The van der Waals surface area contributed by atoms with Crippen molar-refractivity contribution in [3.63, 3.8) is 0 Å². The van der Waals surface area contributed by atoms with Gasteiger partial charge in [-0.3, -0.25) is 14.2 Å². The third-order valence-electron chi connectivity index (χ3n) is 4.81. The lowest BCUT2D eigenvalue weighted by molar-refractivity contribution is 0.0994. The van der Waals surface area contributed by atoms with E-state index in [1.807, 2.05) is 13.8 Å². The molecule has 0 bridgehead atoms. The fourth-order valence-electron chi connectivity index (χ4n) is 3.14. The molecule has 0 saturated heterocycles. The Kier molecular flexibility index (Phi) is 6.67. The lowest BCUT2D eigenvalue weighted by Crippen LogP contribution is -2.12. The number of anilines is 1. The van der Waals surface area contributed by atoms with E-state index in [2.05, 4.69) is 31.4 Å². The smallest absolute Gasteiger partial charge is 0.292 e. The van der Waals surface area contributed by atoms with Gasteiger partial charge in [-0.2, -0.15) is 10.2 Å². The summed E-state index contributed by atoms with van der Waals surface area (Å²) in [6.07, 6.45) is 1.59. The maximum atomic E-state index is 12.6. The van der Waals surface area contributed by atoms with Crippen molar-refractivity contribution in [2.45, 2.75) is 26.9 Å². The van der Waals surface area contributed by atoms with Crippen molar-refractivity contribution in [1.82, 2.24) is 19.6 Å². The van der Waals surface area contributed by atoms with Gasteiger partial charge in [0.25, 0.3) is 5.91 Å². The van der Waals surface area contributed by atoms with E-state index in [1.165, 1.54) is 0 Å². The van der Waals surface area contributed by atoms with E-state index in [0.717, 1.165) is 15.9 Å². The Labute approximate surface area is 207 Å². The molecule has 4 aromatic rings. The topological polar surface area (TPSA) is 77.9 Å². The van der Waals surface area contributed by atoms with Crippen LogP contribution in [0.15, 0.2) is 45.4 Å². The molecule has 4 rings (SSSR count). The SMILES string of the molecule is Cc1nn(Cc2ccc(C(=O)Nc3nn(Cc4c(Cl)cccc4Cl)cc3Cl)o2)c(C)c1Br. The first kappa shape index (κ1) is 22.9. The van der Waals surface area contributed by atoms with Crippen LogP contribution in [-0.2, 0) is 13.1 Å². The largest absolute Gasteiger partial charge is 0.454 e. The van der Waals surface area contributed by atoms with Crippen molar-refractivity contribution < 1.29 is 9.21 Å².